The third-order valence-corrected chi connectivity index (χ3v) is 2.71. The molecular weight excluding hydrogens is 254 g/mol. The van der Waals surface area contributed by atoms with Crippen LogP contribution in [0.4, 0.5) is 0 Å². The van der Waals surface area contributed by atoms with Gasteiger partial charge >= 0.3 is 0 Å². The molecule has 0 unspecified atom stereocenters. The van der Waals surface area contributed by atoms with Gasteiger partial charge in [-0.1, -0.05) is 15.9 Å². The van der Waals surface area contributed by atoms with Gasteiger partial charge in [-0.3, -0.25) is 4.98 Å². The zero-order chi connectivity index (χ0) is 10.7. The highest BCUT2D eigenvalue weighted by Gasteiger charge is 1.99. The summed E-state index contributed by atoms with van der Waals surface area (Å²) in [5.41, 5.74) is 3.34. The van der Waals surface area contributed by atoms with Crippen molar-refractivity contribution >= 4 is 15.9 Å². The molecule has 0 fully saturated rings. The molecule has 0 spiro atoms. The Bertz CT molecular complexity index is 451. The zero-order valence-electron chi connectivity index (χ0n) is 8.52. The number of rotatable bonds is 3. The molecule has 0 aliphatic carbocycles. The highest BCUT2D eigenvalue weighted by atomic mass is 79.9. The minimum Gasteiger partial charge on any atom is -0.331 e. The van der Waals surface area contributed by atoms with E-state index >= 15 is 0 Å². The first-order valence-electron chi connectivity index (χ1n) is 4.76. The van der Waals surface area contributed by atoms with Crippen LogP contribution in [0.15, 0.2) is 30.9 Å². The average molecular weight is 266 g/mol. The van der Waals surface area contributed by atoms with Crippen LogP contribution in [0.3, 0.4) is 0 Å². The summed E-state index contributed by atoms with van der Waals surface area (Å²) in [7, 11) is 0. The van der Waals surface area contributed by atoms with Crippen molar-refractivity contribution in [1.82, 2.24) is 14.5 Å². The average Bonchev–Trinajstić information content (AvgIpc) is 2.65. The molecule has 15 heavy (non-hydrogen) atoms. The molecular formula is C11H12BrN3. The van der Waals surface area contributed by atoms with Gasteiger partial charge in [0.05, 0.1) is 24.3 Å². The lowest BCUT2D eigenvalue weighted by Crippen LogP contribution is -1.99. The van der Waals surface area contributed by atoms with Gasteiger partial charge in [0.15, 0.2) is 0 Å². The van der Waals surface area contributed by atoms with Crippen LogP contribution >= 0.6 is 15.9 Å². The second-order valence-corrected chi connectivity index (χ2v) is 4.06. The molecule has 0 aliphatic rings. The van der Waals surface area contributed by atoms with Gasteiger partial charge in [-0.15, -0.1) is 0 Å². The van der Waals surface area contributed by atoms with Crippen molar-refractivity contribution in [3.05, 3.63) is 47.8 Å². The summed E-state index contributed by atoms with van der Waals surface area (Å²) >= 11 is 3.38. The van der Waals surface area contributed by atoms with E-state index in [1.165, 1.54) is 5.56 Å². The molecule has 0 radical (unpaired) electrons. The number of aromatic nitrogens is 3. The van der Waals surface area contributed by atoms with E-state index in [1.54, 1.807) is 0 Å². The minimum absolute atomic E-state index is 0.779. The van der Waals surface area contributed by atoms with Crippen LogP contribution in [-0.2, 0) is 11.9 Å². The normalized spacial score (nSPS) is 10.5. The predicted molar refractivity (Wildman–Crippen MR) is 62.9 cm³/mol. The fourth-order valence-electron chi connectivity index (χ4n) is 1.43. The Labute approximate surface area is 97.3 Å². The van der Waals surface area contributed by atoms with Gasteiger partial charge in [-0.2, -0.15) is 0 Å². The van der Waals surface area contributed by atoms with Crippen LogP contribution < -0.4 is 0 Å². The molecule has 0 saturated carbocycles. The topological polar surface area (TPSA) is 30.7 Å². The summed E-state index contributed by atoms with van der Waals surface area (Å²) in [5, 5.41) is 0.793. The maximum absolute atomic E-state index is 4.31. The molecule has 3 nitrogen and oxygen atoms in total. The summed E-state index contributed by atoms with van der Waals surface area (Å²) in [6.07, 6.45) is 5.70. The van der Waals surface area contributed by atoms with Crippen molar-refractivity contribution < 1.29 is 0 Å². The standard InChI is InChI=1S/C11H12BrN3/c1-9-2-3-13-10(4-9)6-15-7-11(5-12)14-8-15/h2-4,7-8H,5-6H2,1H3. The molecule has 0 saturated heterocycles. The Morgan fingerprint density at radius 2 is 2.20 bits per heavy atom. The molecule has 0 atom stereocenters. The summed E-state index contributed by atoms with van der Waals surface area (Å²) in [6, 6.07) is 4.09. The summed E-state index contributed by atoms with van der Waals surface area (Å²) in [6.45, 7) is 2.85. The molecule has 0 bridgehead atoms. The third-order valence-electron chi connectivity index (χ3n) is 2.14. The Morgan fingerprint density at radius 1 is 1.33 bits per heavy atom. The van der Waals surface area contributed by atoms with Gasteiger partial charge in [-0.05, 0) is 24.6 Å². The SMILES string of the molecule is Cc1ccnc(Cn2cnc(CBr)c2)c1. The molecule has 0 aliphatic heterocycles. The zero-order valence-corrected chi connectivity index (χ0v) is 10.1. The minimum atomic E-state index is 0.779. The number of alkyl halides is 1. The van der Waals surface area contributed by atoms with E-state index in [2.05, 4.69) is 38.9 Å². The summed E-state index contributed by atoms with van der Waals surface area (Å²) in [4.78, 5) is 8.55. The number of imidazole rings is 1. The molecule has 2 rings (SSSR count). The number of pyridine rings is 1. The Kier molecular flexibility index (Phi) is 3.16. The smallest absolute Gasteiger partial charge is 0.0953 e. The van der Waals surface area contributed by atoms with Crippen LogP contribution in [-0.4, -0.2) is 14.5 Å². The Balaban J connectivity index is 2.14. The van der Waals surface area contributed by atoms with Crippen LogP contribution in [0.2, 0.25) is 0 Å². The summed E-state index contributed by atoms with van der Waals surface area (Å²) < 4.78 is 2.04. The third kappa shape index (κ3) is 2.65. The maximum atomic E-state index is 4.31. The Hall–Kier alpha value is -1.16. The number of hydrogen-bond acceptors (Lipinski definition) is 2. The van der Waals surface area contributed by atoms with E-state index in [1.807, 2.05) is 29.4 Å². The number of nitrogens with zero attached hydrogens (tertiary/aromatic N) is 3. The van der Waals surface area contributed by atoms with Gasteiger partial charge in [-0.25, -0.2) is 4.98 Å². The lowest BCUT2D eigenvalue weighted by Gasteiger charge is -2.01. The van der Waals surface area contributed by atoms with Gasteiger partial charge in [0.1, 0.15) is 0 Å². The molecule has 0 N–H and O–H groups in total. The lowest BCUT2D eigenvalue weighted by molar-refractivity contribution is 0.771. The first kappa shape index (κ1) is 10.4. The predicted octanol–water partition coefficient (Wildman–Crippen LogP) is 2.53. The van der Waals surface area contributed by atoms with Crippen molar-refractivity contribution in [3.63, 3.8) is 0 Å². The largest absolute Gasteiger partial charge is 0.331 e. The van der Waals surface area contributed by atoms with E-state index in [0.717, 1.165) is 23.3 Å². The fourth-order valence-corrected chi connectivity index (χ4v) is 1.72. The second-order valence-electron chi connectivity index (χ2n) is 3.50. The molecule has 2 heterocycles. The highest BCUT2D eigenvalue weighted by Crippen LogP contribution is 2.05. The monoisotopic (exact) mass is 265 g/mol. The van der Waals surface area contributed by atoms with Crippen molar-refractivity contribution in [2.75, 3.05) is 0 Å². The van der Waals surface area contributed by atoms with Gasteiger partial charge < -0.3 is 4.57 Å². The van der Waals surface area contributed by atoms with Gasteiger partial charge in [0.25, 0.3) is 0 Å². The van der Waals surface area contributed by atoms with E-state index < -0.39 is 0 Å². The van der Waals surface area contributed by atoms with Crippen LogP contribution in [0.25, 0.3) is 0 Å². The molecule has 2 aromatic heterocycles. The highest BCUT2D eigenvalue weighted by molar-refractivity contribution is 9.08. The van der Waals surface area contributed by atoms with Crippen molar-refractivity contribution in [3.8, 4) is 0 Å². The molecule has 4 heteroatoms. The number of aryl methyl sites for hydroxylation is 1. The second kappa shape index (κ2) is 4.57. The molecule has 0 aromatic carbocycles. The van der Waals surface area contributed by atoms with E-state index in [0.29, 0.717) is 0 Å². The maximum Gasteiger partial charge on any atom is 0.0953 e. The first-order chi connectivity index (χ1) is 7.28. The fraction of sp³-hybridized carbons (Fsp3) is 0.273. The molecule has 0 amide bonds. The van der Waals surface area contributed by atoms with Crippen LogP contribution in [0, 0.1) is 6.92 Å². The quantitative estimate of drug-likeness (QED) is 0.799. The van der Waals surface area contributed by atoms with Crippen LogP contribution in [0.1, 0.15) is 17.0 Å². The number of hydrogen-bond donors (Lipinski definition) is 0. The number of halogens is 1. The van der Waals surface area contributed by atoms with E-state index in [4.69, 9.17) is 0 Å². The van der Waals surface area contributed by atoms with Gasteiger partial charge in [0, 0.05) is 17.7 Å². The molecule has 78 valence electrons. The van der Waals surface area contributed by atoms with E-state index in [-0.39, 0.29) is 0 Å². The van der Waals surface area contributed by atoms with Gasteiger partial charge in [0.2, 0.25) is 0 Å². The Morgan fingerprint density at radius 3 is 2.87 bits per heavy atom. The van der Waals surface area contributed by atoms with Crippen LogP contribution in [0.5, 0.6) is 0 Å². The van der Waals surface area contributed by atoms with Crippen molar-refractivity contribution in [2.45, 2.75) is 18.8 Å². The van der Waals surface area contributed by atoms with Crippen molar-refractivity contribution in [2.24, 2.45) is 0 Å². The van der Waals surface area contributed by atoms with Crippen molar-refractivity contribution in [1.29, 1.82) is 0 Å². The lowest BCUT2D eigenvalue weighted by atomic mass is 10.2. The summed E-state index contributed by atoms with van der Waals surface area (Å²) in [5.74, 6) is 0. The van der Waals surface area contributed by atoms with E-state index in [9.17, 15) is 0 Å². The first-order valence-corrected chi connectivity index (χ1v) is 5.88. The molecule has 2 aromatic rings.